The van der Waals surface area contributed by atoms with Crippen LogP contribution in [0.5, 0.6) is 0 Å². The highest BCUT2D eigenvalue weighted by Crippen LogP contribution is 2.45. The average molecular weight is 226 g/mol. The van der Waals surface area contributed by atoms with Crippen LogP contribution in [-0.2, 0) is 5.66 Å². The first kappa shape index (κ1) is 11.6. The lowest BCUT2D eigenvalue weighted by Gasteiger charge is -2.35. The van der Waals surface area contributed by atoms with Crippen molar-refractivity contribution in [2.75, 3.05) is 0 Å². The number of hydroxylamine groups is 4. The third-order valence-corrected chi connectivity index (χ3v) is 3.78. The van der Waals surface area contributed by atoms with E-state index in [-0.39, 0.29) is 6.04 Å². The molecule has 5 heteroatoms. The molecule has 1 aromatic rings. The van der Waals surface area contributed by atoms with Gasteiger partial charge in [0.25, 0.3) is 0 Å². The molecule has 0 amide bonds. The molecule has 2 rings (SSSR count). The number of rotatable bonds is 1. The first-order valence-corrected chi connectivity index (χ1v) is 5.34. The van der Waals surface area contributed by atoms with E-state index in [1.54, 1.807) is 19.1 Å². The maximum atomic E-state index is 10.3. The molecule has 2 heterocycles. The van der Waals surface area contributed by atoms with Crippen LogP contribution < -0.4 is 0 Å². The molecule has 1 aliphatic rings. The van der Waals surface area contributed by atoms with E-state index < -0.39 is 11.2 Å². The summed E-state index contributed by atoms with van der Waals surface area (Å²) in [5.41, 5.74) is -1.61. The van der Waals surface area contributed by atoms with Gasteiger partial charge >= 0.3 is 0 Å². The lowest BCUT2D eigenvalue weighted by molar-refractivity contribution is -0.280. The summed E-state index contributed by atoms with van der Waals surface area (Å²) in [6, 6.07) is 3.26. The molecule has 0 bridgehead atoms. The Hall–Kier alpha value is -0.880. The summed E-state index contributed by atoms with van der Waals surface area (Å²) in [7, 11) is 0. The van der Waals surface area contributed by atoms with Crippen molar-refractivity contribution in [1.82, 2.24) is 10.1 Å². The fourth-order valence-electron chi connectivity index (χ4n) is 2.28. The van der Waals surface area contributed by atoms with Crippen molar-refractivity contribution in [3.63, 3.8) is 0 Å². The van der Waals surface area contributed by atoms with E-state index in [1.807, 2.05) is 20.8 Å². The van der Waals surface area contributed by atoms with Gasteiger partial charge in [0.15, 0.2) is 5.66 Å². The summed E-state index contributed by atoms with van der Waals surface area (Å²) < 4.78 is 5.30. The van der Waals surface area contributed by atoms with Crippen LogP contribution in [0.1, 0.15) is 33.5 Å². The van der Waals surface area contributed by atoms with E-state index in [1.165, 1.54) is 6.26 Å². The fraction of sp³-hybridized carbons (Fsp3) is 0.636. The summed E-state index contributed by atoms with van der Waals surface area (Å²) in [5, 5.41) is 22.7. The molecular formula is C11H18N2O3. The number of nitrogens with zero attached hydrogens (tertiary/aromatic N) is 2. The van der Waals surface area contributed by atoms with Gasteiger partial charge < -0.3 is 14.8 Å². The molecule has 0 spiro atoms. The molecule has 2 N–H and O–H groups in total. The van der Waals surface area contributed by atoms with Crippen molar-refractivity contribution in [2.45, 2.75) is 44.9 Å². The molecule has 90 valence electrons. The van der Waals surface area contributed by atoms with Gasteiger partial charge in [0.1, 0.15) is 5.76 Å². The van der Waals surface area contributed by atoms with Crippen LogP contribution in [0.4, 0.5) is 0 Å². The van der Waals surface area contributed by atoms with E-state index in [0.29, 0.717) is 5.76 Å². The monoisotopic (exact) mass is 226 g/mol. The number of furan rings is 1. The summed E-state index contributed by atoms with van der Waals surface area (Å²) in [6.07, 6.45) is 1.53. The fourth-order valence-corrected chi connectivity index (χ4v) is 2.28. The summed E-state index contributed by atoms with van der Waals surface area (Å²) >= 11 is 0. The molecule has 1 saturated heterocycles. The Kier molecular flexibility index (Phi) is 2.40. The van der Waals surface area contributed by atoms with Gasteiger partial charge in [-0.3, -0.25) is 0 Å². The van der Waals surface area contributed by atoms with Gasteiger partial charge in [-0.05, 0) is 39.8 Å². The van der Waals surface area contributed by atoms with Gasteiger partial charge in [-0.1, -0.05) is 0 Å². The molecule has 16 heavy (non-hydrogen) atoms. The molecule has 0 aromatic carbocycles. The van der Waals surface area contributed by atoms with Crippen LogP contribution in [0.3, 0.4) is 0 Å². The Labute approximate surface area is 94.8 Å². The zero-order valence-corrected chi connectivity index (χ0v) is 10.0. The summed E-state index contributed by atoms with van der Waals surface area (Å²) in [4.78, 5) is 0. The second kappa shape index (κ2) is 3.30. The maximum Gasteiger partial charge on any atom is 0.176 e. The molecule has 0 aliphatic carbocycles. The Balaban J connectivity index is 2.50. The van der Waals surface area contributed by atoms with Gasteiger partial charge in [0, 0.05) is 0 Å². The average Bonchev–Trinajstić information content (AvgIpc) is 2.81. The number of hydrogen-bond donors (Lipinski definition) is 2. The van der Waals surface area contributed by atoms with Crippen LogP contribution in [0.2, 0.25) is 0 Å². The predicted octanol–water partition coefficient (Wildman–Crippen LogP) is 2.02. The van der Waals surface area contributed by atoms with Crippen LogP contribution in [0.25, 0.3) is 0 Å². The van der Waals surface area contributed by atoms with Crippen molar-refractivity contribution < 1.29 is 14.8 Å². The van der Waals surface area contributed by atoms with Crippen molar-refractivity contribution in [2.24, 2.45) is 0 Å². The van der Waals surface area contributed by atoms with Crippen LogP contribution in [-0.4, -0.2) is 32.1 Å². The smallest absolute Gasteiger partial charge is 0.176 e. The lowest BCUT2D eigenvalue weighted by Crippen LogP contribution is -2.49. The van der Waals surface area contributed by atoms with Gasteiger partial charge in [0.05, 0.1) is 17.8 Å². The standard InChI is InChI=1S/C11H18N2O3/c1-8-10(2,3)13(15)11(4,12(8)14)9-6-5-7-16-9/h5-8,14-15H,1-4H3. The summed E-state index contributed by atoms with van der Waals surface area (Å²) in [6.45, 7) is 7.32. The molecule has 2 atom stereocenters. The highest BCUT2D eigenvalue weighted by molar-refractivity contribution is 5.16. The Morgan fingerprint density at radius 2 is 1.94 bits per heavy atom. The molecule has 1 fully saturated rings. The highest BCUT2D eigenvalue weighted by atomic mass is 16.6. The van der Waals surface area contributed by atoms with E-state index in [2.05, 4.69) is 0 Å². The minimum Gasteiger partial charge on any atom is -0.466 e. The van der Waals surface area contributed by atoms with E-state index in [4.69, 9.17) is 4.42 Å². The van der Waals surface area contributed by atoms with E-state index >= 15 is 0 Å². The minimum atomic E-state index is -1.05. The van der Waals surface area contributed by atoms with Crippen LogP contribution in [0.15, 0.2) is 22.8 Å². The van der Waals surface area contributed by atoms with Gasteiger partial charge in [-0.25, -0.2) is 0 Å². The second-order valence-corrected chi connectivity index (χ2v) is 4.98. The Morgan fingerprint density at radius 1 is 1.31 bits per heavy atom. The van der Waals surface area contributed by atoms with Crippen molar-refractivity contribution in [3.8, 4) is 0 Å². The third kappa shape index (κ3) is 1.20. The van der Waals surface area contributed by atoms with Gasteiger partial charge in [-0.15, -0.1) is 0 Å². The molecule has 0 radical (unpaired) electrons. The van der Waals surface area contributed by atoms with Crippen molar-refractivity contribution in [3.05, 3.63) is 24.2 Å². The molecule has 5 nitrogen and oxygen atoms in total. The summed E-state index contributed by atoms with van der Waals surface area (Å²) in [5.74, 6) is 0.509. The minimum absolute atomic E-state index is 0.215. The topological polar surface area (TPSA) is 60.1 Å². The van der Waals surface area contributed by atoms with E-state index in [0.717, 1.165) is 10.1 Å². The van der Waals surface area contributed by atoms with E-state index in [9.17, 15) is 10.4 Å². The largest absolute Gasteiger partial charge is 0.466 e. The van der Waals surface area contributed by atoms with Gasteiger partial charge in [0.2, 0.25) is 0 Å². The third-order valence-electron chi connectivity index (χ3n) is 3.78. The van der Waals surface area contributed by atoms with Crippen LogP contribution >= 0.6 is 0 Å². The first-order valence-electron chi connectivity index (χ1n) is 5.34. The molecule has 2 unspecified atom stereocenters. The molecular weight excluding hydrogens is 208 g/mol. The zero-order valence-electron chi connectivity index (χ0n) is 10.0. The highest BCUT2D eigenvalue weighted by Gasteiger charge is 2.59. The Bertz CT molecular complexity index is 377. The zero-order chi connectivity index (χ0) is 12.1. The lowest BCUT2D eigenvalue weighted by atomic mass is 9.98. The molecule has 1 aliphatic heterocycles. The first-order chi connectivity index (χ1) is 7.33. The van der Waals surface area contributed by atoms with Gasteiger partial charge in [-0.2, -0.15) is 10.1 Å². The number of hydrogen-bond acceptors (Lipinski definition) is 5. The maximum absolute atomic E-state index is 10.3. The quantitative estimate of drug-likeness (QED) is 0.767. The molecule has 0 saturated carbocycles. The Morgan fingerprint density at radius 3 is 2.31 bits per heavy atom. The molecule has 1 aromatic heterocycles. The normalized spacial score (nSPS) is 35.8. The predicted molar refractivity (Wildman–Crippen MR) is 56.9 cm³/mol. The second-order valence-electron chi connectivity index (χ2n) is 4.98. The SMILES string of the molecule is CC1N(O)C(C)(c2ccco2)N(O)C1(C)C. The van der Waals surface area contributed by atoms with Crippen molar-refractivity contribution in [1.29, 1.82) is 0 Å². The van der Waals surface area contributed by atoms with Crippen LogP contribution in [0, 0.1) is 0 Å². The van der Waals surface area contributed by atoms with Crippen molar-refractivity contribution >= 4 is 0 Å².